The molecule has 1 N–H and O–H groups in total. The molecule has 3 aromatic rings. The quantitative estimate of drug-likeness (QED) is 0.633. The van der Waals surface area contributed by atoms with Crippen LogP contribution < -0.4 is 10.1 Å². The van der Waals surface area contributed by atoms with Crippen LogP contribution in [0.5, 0.6) is 5.75 Å². The molecule has 1 aliphatic carbocycles. The third kappa shape index (κ3) is 3.02. The third-order valence-electron chi connectivity index (χ3n) is 4.79. The number of nitrogens with zero attached hydrogens (tertiary/aromatic N) is 1. The summed E-state index contributed by atoms with van der Waals surface area (Å²) < 4.78 is 8.69. The Balaban J connectivity index is 1.72. The molecule has 1 aliphatic rings. The Morgan fingerprint density at radius 2 is 2.08 bits per heavy atom. The number of aromatic nitrogens is 1. The van der Waals surface area contributed by atoms with Crippen LogP contribution in [0.2, 0.25) is 5.02 Å². The van der Waals surface area contributed by atoms with Crippen molar-refractivity contribution in [3.8, 4) is 5.75 Å². The largest absolute Gasteiger partial charge is 0.495 e. The number of rotatable bonds is 4. The number of nitrogens with one attached hydrogen (secondary N) is 1. The molecule has 1 fully saturated rings. The highest BCUT2D eigenvalue weighted by Gasteiger charge is 2.25. The molecule has 0 unspecified atom stereocenters. The Kier molecular flexibility index (Phi) is 4.44. The average Bonchev–Trinajstić information content (AvgIpc) is 3.31. The second-order valence-corrected chi connectivity index (χ2v) is 7.69. The van der Waals surface area contributed by atoms with Crippen molar-refractivity contribution in [2.75, 3.05) is 12.4 Å². The molecule has 4 rings (SSSR count). The second kappa shape index (κ2) is 6.73. The van der Waals surface area contributed by atoms with Gasteiger partial charge in [0.1, 0.15) is 11.4 Å². The van der Waals surface area contributed by atoms with Crippen LogP contribution in [0.15, 0.2) is 35.7 Å². The Bertz CT molecular complexity index is 925. The van der Waals surface area contributed by atoms with Gasteiger partial charge in [0.25, 0.3) is 5.91 Å². The maximum atomic E-state index is 13.0. The van der Waals surface area contributed by atoms with Gasteiger partial charge < -0.3 is 14.6 Å². The lowest BCUT2D eigenvalue weighted by Crippen LogP contribution is -2.19. The molecule has 0 saturated heterocycles. The van der Waals surface area contributed by atoms with Crippen LogP contribution in [-0.2, 0) is 0 Å². The number of fused-ring (bicyclic) bond motifs is 1. The molecule has 130 valence electrons. The summed E-state index contributed by atoms with van der Waals surface area (Å²) >= 11 is 7.74. The molecule has 0 radical (unpaired) electrons. The third-order valence-corrected chi connectivity index (χ3v) is 5.88. The first kappa shape index (κ1) is 16.5. The minimum atomic E-state index is -0.129. The molecule has 1 amide bonds. The predicted octanol–water partition coefficient (Wildman–Crippen LogP) is 5.73. The predicted molar refractivity (Wildman–Crippen MR) is 103 cm³/mol. The maximum Gasteiger partial charge on any atom is 0.272 e. The number of thiophene rings is 1. The van der Waals surface area contributed by atoms with E-state index in [1.807, 2.05) is 6.07 Å². The zero-order valence-corrected chi connectivity index (χ0v) is 15.5. The zero-order valence-electron chi connectivity index (χ0n) is 13.9. The first-order valence-electron chi connectivity index (χ1n) is 8.40. The van der Waals surface area contributed by atoms with Gasteiger partial charge in [-0.2, -0.15) is 0 Å². The van der Waals surface area contributed by atoms with Crippen molar-refractivity contribution in [2.24, 2.45) is 0 Å². The van der Waals surface area contributed by atoms with Crippen LogP contribution in [0.25, 0.3) is 10.2 Å². The van der Waals surface area contributed by atoms with Crippen molar-refractivity contribution in [1.29, 1.82) is 0 Å². The fourth-order valence-electron chi connectivity index (χ4n) is 3.64. The molecule has 0 bridgehead atoms. The van der Waals surface area contributed by atoms with Gasteiger partial charge in [-0.3, -0.25) is 4.79 Å². The second-order valence-electron chi connectivity index (χ2n) is 6.31. The molecule has 1 saturated carbocycles. The lowest BCUT2D eigenvalue weighted by molar-refractivity contribution is 0.101. The van der Waals surface area contributed by atoms with Gasteiger partial charge in [-0.25, -0.2) is 0 Å². The van der Waals surface area contributed by atoms with Gasteiger partial charge in [0, 0.05) is 11.1 Å². The number of carbonyl (C=O) groups excluding carboxylic acids is 1. The highest BCUT2D eigenvalue weighted by atomic mass is 35.5. The minimum absolute atomic E-state index is 0.129. The lowest BCUT2D eigenvalue weighted by atomic mass is 10.2. The molecular weight excluding hydrogens is 356 g/mol. The van der Waals surface area contributed by atoms with E-state index in [1.54, 1.807) is 36.6 Å². The summed E-state index contributed by atoms with van der Waals surface area (Å²) in [4.78, 5) is 13.0. The number of benzene rings is 1. The number of carbonyl (C=O) groups is 1. The van der Waals surface area contributed by atoms with Crippen LogP contribution in [0, 0.1) is 0 Å². The standard InChI is InChI=1S/C19H19ClN2O2S/c1-24-17-7-6-12(20)10-14(17)21-19(23)16-11-18-15(8-9-25-18)22(16)13-4-2-3-5-13/h6-11,13H,2-5H2,1H3,(H,21,23). The molecule has 4 nitrogen and oxygen atoms in total. The number of halogens is 1. The van der Waals surface area contributed by atoms with Crippen LogP contribution >= 0.6 is 22.9 Å². The molecule has 2 heterocycles. The molecule has 6 heteroatoms. The summed E-state index contributed by atoms with van der Waals surface area (Å²) in [6.07, 6.45) is 4.69. The molecule has 0 spiro atoms. The van der Waals surface area contributed by atoms with E-state index < -0.39 is 0 Å². The van der Waals surface area contributed by atoms with E-state index in [2.05, 4.69) is 21.3 Å². The smallest absolute Gasteiger partial charge is 0.272 e. The number of ether oxygens (including phenoxy) is 1. The van der Waals surface area contributed by atoms with E-state index in [-0.39, 0.29) is 5.91 Å². The van der Waals surface area contributed by atoms with Crippen LogP contribution in [0.3, 0.4) is 0 Å². The van der Waals surface area contributed by atoms with E-state index in [0.717, 1.165) is 23.1 Å². The van der Waals surface area contributed by atoms with Crippen LogP contribution in [0.1, 0.15) is 42.2 Å². The Hall–Kier alpha value is -1.98. The molecule has 1 aromatic carbocycles. The van der Waals surface area contributed by atoms with Crippen molar-refractivity contribution in [1.82, 2.24) is 4.57 Å². The highest BCUT2D eigenvalue weighted by molar-refractivity contribution is 7.17. The number of anilines is 1. The van der Waals surface area contributed by atoms with E-state index >= 15 is 0 Å². The monoisotopic (exact) mass is 374 g/mol. The lowest BCUT2D eigenvalue weighted by Gasteiger charge is -2.17. The van der Waals surface area contributed by atoms with Gasteiger partial charge in [0.2, 0.25) is 0 Å². The van der Waals surface area contributed by atoms with Crippen LogP contribution in [-0.4, -0.2) is 17.6 Å². The van der Waals surface area contributed by atoms with Crippen molar-refractivity contribution in [3.63, 3.8) is 0 Å². The first-order valence-corrected chi connectivity index (χ1v) is 9.66. The summed E-state index contributed by atoms with van der Waals surface area (Å²) in [5, 5.41) is 5.61. The van der Waals surface area contributed by atoms with Gasteiger partial charge in [0.15, 0.2) is 0 Å². The molecule has 25 heavy (non-hydrogen) atoms. The number of hydrogen-bond acceptors (Lipinski definition) is 3. The van der Waals surface area contributed by atoms with Crippen molar-refractivity contribution in [2.45, 2.75) is 31.7 Å². The summed E-state index contributed by atoms with van der Waals surface area (Å²) in [6, 6.07) is 9.71. The summed E-state index contributed by atoms with van der Waals surface area (Å²) in [7, 11) is 1.58. The Labute approximate surface area is 155 Å². The van der Waals surface area contributed by atoms with Gasteiger partial charge in [0.05, 0.1) is 23.0 Å². The summed E-state index contributed by atoms with van der Waals surface area (Å²) in [5.74, 6) is 0.467. The number of hydrogen-bond donors (Lipinski definition) is 1. The molecule has 2 aromatic heterocycles. The van der Waals surface area contributed by atoms with Crippen molar-refractivity contribution in [3.05, 3.63) is 46.4 Å². The minimum Gasteiger partial charge on any atom is -0.495 e. The number of amides is 1. The van der Waals surface area contributed by atoms with Gasteiger partial charge in [-0.05, 0) is 48.6 Å². The van der Waals surface area contributed by atoms with Crippen molar-refractivity contribution < 1.29 is 9.53 Å². The number of methoxy groups -OCH3 is 1. The van der Waals surface area contributed by atoms with E-state index in [9.17, 15) is 4.79 Å². The average molecular weight is 375 g/mol. The fraction of sp³-hybridized carbons (Fsp3) is 0.316. The van der Waals surface area contributed by atoms with E-state index in [4.69, 9.17) is 16.3 Å². The SMILES string of the molecule is COc1ccc(Cl)cc1NC(=O)c1cc2sccc2n1C1CCCC1. The van der Waals surface area contributed by atoms with E-state index in [0.29, 0.717) is 28.2 Å². The van der Waals surface area contributed by atoms with Crippen LogP contribution in [0.4, 0.5) is 5.69 Å². The Morgan fingerprint density at radius 1 is 1.28 bits per heavy atom. The maximum absolute atomic E-state index is 13.0. The van der Waals surface area contributed by atoms with Crippen molar-refractivity contribution >= 4 is 44.7 Å². The topological polar surface area (TPSA) is 43.3 Å². The molecule has 0 atom stereocenters. The fourth-order valence-corrected chi connectivity index (χ4v) is 4.62. The molecule has 0 aliphatic heterocycles. The molecular formula is C19H19ClN2O2S. The summed E-state index contributed by atoms with van der Waals surface area (Å²) in [6.45, 7) is 0. The van der Waals surface area contributed by atoms with E-state index in [1.165, 1.54) is 12.8 Å². The Morgan fingerprint density at radius 3 is 2.84 bits per heavy atom. The summed E-state index contributed by atoms with van der Waals surface area (Å²) in [5.41, 5.74) is 2.44. The normalized spacial score (nSPS) is 15.0. The van der Waals surface area contributed by atoms with Gasteiger partial charge in [-0.1, -0.05) is 24.4 Å². The highest BCUT2D eigenvalue weighted by Crippen LogP contribution is 2.37. The first-order chi connectivity index (χ1) is 12.2. The van der Waals surface area contributed by atoms with Gasteiger partial charge >= 0.3 is 0 Å². The van der Waals surface area contributed by atoms with Gasteiger partial charge in [-0.15, -0.1) is 11.3 Å². The zero-order chi connectivity index (χ0) is 17.4.